The molecule has 10 heteroatoms. The van der Waals surface area contributed by atoms with Gasteiger partial charge in [0.05, 0.1) is 74.7 Å². The number of carbonyl (C=O) groups excluding carboxylic acids is 1. The van der Waals surface area contributed by atoms with Crippen LogP contribution < -0.4 is 16.2 Å². The molecule has 0 aliphatic heterocycles. The van der Waals surface area contributed by atoms with E-state index in [1.165, 1.54) is 16.9 Å². The third-order valence-electron chi connectivity index (χ3n) is 5.95. The van der Waals surface area contributed by atoms with Gasteiger partial charge in [-0.15, -0.1) is 0 Å². The van der Waals surface area contributed by atoms with E-state index in [1.54, 1.807) is 0 Å². The fraction of sp³-hybridized carbons (Fsp3) is 0.741. The molecule has 1 amide bonds. The molecule has 1 aromatic carbocycles. The molecule has 0 aromatic heterocycles. The Hall–Kier alpha value is -1.12. The standard InChI is InChI=1S/C27H52N2O6Si2/c1-4-11-31-13-15-33-17-19-35-20-18-34-16-14-32-12-10-29-27(30)23-25-7-5-8-26(22-25)37(3)24-36(2)21-6-9-28/h5,7-8,22,36-37H,4,6,9-21,23-24,28H2,1-3H3,(H,29,30). The summed E-state index contributed by atoms with van der Waals surface area (Å²) in [5, 5.41) is 4.41. The van der Waals surface area contributed by atoms with Crippen molar-refractivity contribution in [1.82, 2.24) is 5.32 Å². The van der Waals surface area contributed by atoms with Gasteiger partial charge >= 0.3 is 0 Å². The number of nitrogens with two attached hydrogens (primary N) is 1. The van der Waals surface area contributed by atoms with Crippen LogP contribution in [0.4, 0.5) is 0 Å². The van der Waals surface area contributed by atoms with Crippen molar-refractivity contribution in [3.63, 3.8) is 0 Å². The molecule has 1 aromatic rings. The van der Waals surface area contributed by atoms with E-state index >= 15 is 0 Å². The Labute approximate surface area is 228 Å². The number of hydrogen-bond donors (Lipinski definition) is 2. The molecule has 0 bridgehead atoms. The van der Waals surface area contributed by atoms with Crippen molar-refractivity contribution in [1.29, 1.82) is 0 Å². The molecule has 214 valence electrons. The minimum absolute atomic E-state index is 0.0339. The van der Waals surface area contributed by atoms with Crippen LogP contribution in [0.15, 0.2) is 24.3 Å². The number of hydrogen-bond acceptors (Lipinski definition) is 7. The quantitative estimate of drug-likeness (QED) is 0.140. The smallest absolute Gasteiger partial charge is 0.224 e. The highest BCUT2D eigenvalue weighted by Crippen LogP contribution is 2.07. The summed E-state index contributed by atoms with van der Waals surface area (Å²) in [5.41, 5.74) is 8.17. The summed E-state index contributed by atoms with van der Waals surface area (Å²) in [5.74, 6) is 0.0339. The molecule has 0 saturated carbocycles. The van der Waals surface area contributed by atoms with Crippen LogP contribution in [-0.2, 0) is 34.9 Å². The van der Waals surface area contributed by atoms with Gasteiger partial charge in [-0.25, -0.2) is 0 Å². The minimum atomic E-state index is -0.953. The molecule has 8 nitrogen and oxygen atoms in total. The largest absolute Gasteiger partial charge is 0.379 e. The monoisotopic (exact) mass is 556 g/mol. The zero-order chi connectivity index (χ0) is 27.0. The Kier molecular flexibility index (Phi) is 22.0. The Bertz CT molecular complexity index is 686. The topological polar surface area (TPSA) is 101 Å². The predicted octanol–water partition coefficient (Wildman–Crippen LogP) is 1.65. The maximum atomic E-state index is 12.3. The Balaban J connectivity index is 2.00. The number of nitrogens with one attached hydrogen (secondary N) is 1. The highest BCUT2D eigenvalue weighted by Gasteiger charge is 2.14. The zero-order valence-corrected chi connectivity index (χ0v) is 25.8. The molecule has 0 radical (unpaired) electrons. The summed E-state index contributed by atoms with van der Waals surface area (Å²) < 4.78 is 27.2. The lowest BCUT2D eigenvalue weighted by molar-refractivity contribution is -0.120. The second-order valence-corrected chi connectivity index (χ2v) is 16.6. The summed E-state index contributed by atoms with van der Waals surface area (Å²) >= 11 is 0. The van der Waals surface area contributed by atoms with Crippen LogP contribution in [0.2, 0.25) is 24.8 Å². The fourth-order valence-electron chi connectivity index (χ4n) is 3.97. The van der Waals surface area contributed by atoms with Crippen molar-refractivity contribution in [3.05, 3.63) is 29.8 Å². The Morgan fingerprint density at radius 2 is 1.43 bits per heavy atom. The molecule has 2 unspecified atom stereocenters. The normalized spacial score (nSPS) is 13.0. The molecule has 1 rings (SSSR count). The van der Waals surface area contributed by atoms with Crippen LogP contribution in [-0.4, -0.2) is 103 Å². The predicted molar refractivity (Wildman–Crippen MR) is 156 cm³/mol. The highest BCUT2D eigenvalue weighted by molar-refractivity contribution is 6.83. The van der Waals surface area contributed by atoms with Crippen molar-refractivity contribution in [2.24, 2.45) is 5.73 Å². The maximum absolute atomic E-state index is 12.3. The average molecular weight is 557 g/mol. The van der Waals surface area contributed by atoms with E-state index in [4.69, 9.17) is 29.4 Å². The van der Waals surface area contributed by atoms with Gasteiger partial charge in [-0.1, -0.05) is 61.2 Å². The van der Waals surface area contributed by atoms with Crippen molar-refractivity contribution >= 4 is 28.7 Å². The molecule has 2 atom stereocenters. The van der Waals surface area contributed by atoms with Gasteiger partial charge in [0, 0.05) is 21.9 Å². The maximum Gasteiger partial charge on any atom is 0.224 e. The van der Waals surface area contributed by atoms with E-state index in [0.717, 1.165) is 31.6 Å². The second-order valence-electron chi connectivity index (χ2n) is 9.51. The van der Waals surface area contributed by atoms with Gasteiger partial charge in [0.1, 0.15) is 0 Å². The van der Waals surface area contributed by atoms with Gasteiger partial charge in [0.2, 0.25) is 5.91 Å². The molecule has 0 aliphatic rings. The third-order valence-corrected chi connectivity index (χ3v) is 14.9. The van der Waals surface area contributed by atoms with Crippen molar-refractivity contribution < 1.29 is 28.5 Å². The van der Waals surface area contributed by atoms with Crippen LogP contribution in [0, 0.1) is 0 Å². The number of rotatable bonds is 25. The first-order chi connectivity index (χ1) is 18.1. The Morgan fingerprint density at radius 3 is 2.00 bits per heavy atom. The van der Waals surface area contributed by atoms with E-state index in [2.05, 4.69) is 43.5 Å². The lowest BCUT2D eigenvalue weighted by Gasteiger charge is -2.16. The van der Waals surface area contributed by atoms with Crippen molar-refractivity contribution in [2.75, 3.05) is 79.2 Å². The van der Waals surface area contributed by atoms with Gasteiger partial charge in [0.25, 0.3) is 0 Å². The third kappa shape index (κ3) is 19.6. The fourth-order valence-corrected chi connectivity index (χ4v) is 12.7. The van der Waals surface area contributed by atoms with Crippen molar-refractivity contribution in [2.45, 2.75) is 51.0 Å². The van der Waals surface area contributed by atoms with Crippen LogP contribution in [0.5, 0.6) is 0 Å². The van der Waals surface area contributed by atoms with Gasteiger partial charge < -0.3 is 34.7 Å². The Morgan fingerprint density at radius 1 is 0.865 bits per heavy atom. The van der Waals surface area contributed by atoms with Crippen LogP contribution >= 0.6 is 0 Å². The lowest BCUT2D eigenvalue weighted by Crippen LogP contribution is -2.32. The molecule has 0 heterocycles. The van der Waals surface area contributed by atoms with Crippen LogP contribution in [0.25, 0.3) is 0 Å². The molecule has 0 spiro atoms. The van der Waals surface area contributed by atoms with Gasteiger partial charge in [-0.3, -0.25) is 4.79 Å². The molecule has 3 N–H and O–H groups in total. The van der Waals surface area contributed by atoms with E-state index in [0.29, 0.717) is 72.4 Å². The molecule has 37 heavy (non-hydrogen) atoms. The number of benzene rings is 1. The number of carbonyl (C=O) groups is 1. The highest BCUT2D eigenvalue weighted by atomic mass is 28.3. The van der Waals surface area contributed by atoms with Gasteiger partial charge in [-0.2, -0.15) is 0 Å². The summed E-state index contributed by atoms with van der Waals surface area (Å²) in [6, 6.07) is 9.97. The summed E-state index contributed by atoms with van der Waals surface area (Å²) in [6.45, 7) is 13.9. The first kappa shape index (κ1) is 33.9. The summed E-state index contributed by atoms with van der Waals surface area (Å²) in [4.78, 5) is 12.3. The average Bonchev–Trinajstić information content (AvgIpc) is 2.89. The van der Waals surface area contributed by atoms with E-state index < -0.39 is 17.6 Å². The minimum Gasteiger partial charge on any atom is -0.379 e. The second kappa shape index (κ2) is 24.0. The number of amides is 1. The SMILES string of the molecule is CCCOCCOCCOCCOCCOCCNC(=O)Cc1cccc([SiH](C)C[SiH](C)CCCN)c1. The van der Waals surface area contributed by atoms with Gasteiger partial charge in [0.15, 0.2) is 0 Å². The zero-order valence-electron chi connectivity index (χ0n) is 23.5. The van der Waals surface area contributed by atoms with Gasteiger partial charge in [-0.05, 0) is 24.9 Å². The first-order valence-electron chi connectivity index (χ1n) is 14.0. The van der Waals surface area contributed by atoms with E-state index in [9.17, 15) is 4.79 Å². The van der Waals surface area contributed by atoms with Crippen molar-refractivity contribution in [3.8, 4) is 0 Å². The van der Waals surface area contributed by atoms with E-state index in [1.807, 2.05) is 6.07 Å². The molecule has 0 saturated heterocycles. The van der Waals surface area contributed by atoms with Crippen LogP contribution in [0.1, 0.15) is 25.3 Å². The first-order valence-corrected chi connectivity index (χ1v) is 19.3. The molecule has 0 aliphatic carbocycles. The summed E-state index contributed by atoms with van der Waals surface area (Å²) in [7, 11) is -1.62. The summed E-state index contributed by atoms with van der Waals surface area (Å²) in [6.07, 6.45) is 2.60. The number of ether oxygens (including phenoxy) is 5. The van der Waals surface area contributed by atoms with E-state index in [-0.39, 0.29) is 5.91 Å². The molecular formula is C27H52N2O6Si2. The molecular weight excluding hydrogens is 504 g/mol. The lowest BCUT2D eigenvalue weighted by atomic mass is 10.1. The molecule has 0 fully saturated rings. The van der Waals surface area contributed by atoms with Crippen LogP contribution in [0.3, 0.4) is 0 Å².